The van der Waals surface area contributed by atoms with E-state index in [2.05, 4.69) is 20.6 Å². The van der Waals surface area contributed by atoms with Crippen LogP contribution >= 0.6 is 0 Å². The fourth-order valence-electron chi connectivity index (χ4n) is 1.75. The van der Waals surface area contributed by atoms with E-state index in [1.807, 2.05) is 0 Å². The first-order chi connectivity index (χ1) is 10.4. The minimum absolute atomic E-state index is 0.122. The van der Waals surface area contributed by atoms with Gasteiger partial charge in [-0.1, -0.05) is 6.07 Å². The van der Waals surface area contributed by atoms with Gasteiger partial charge >= 0.3 is 6.18 Å². The number of nitrogens with zero attached hydrogens (tertiary/aromatic N) is 1. The second-order valence-electron chi connectivity index (χ2n) is 4.24. The fourth-order valence-corrected chi connectivity index (χ4v) is 1.75. The lowest BCUT2D eigenvalue weighted by Crippen LogP contribution is -2.23. The van der Waals surface area contributed by atoms with E-state index in [-0.39, 0.29) is 17.1 Å². The number of hydrogen-bond donors (Lipinski definition) is 2. The minimum Gasteiger partial charge on any atom is -0.340 e. The predicted molar refractivity (Wildman–Crippen MR) is 73.4 cm³/mol. The number of hydrogen-bond acceptors (Lipinski definition) is 4. The van der Waals surface area contributed by atoms with E-state index in [4.69, 9.17) is 0 Å². The Morgan fingerprint density at radius 2 is 2.00 bits per heavy atom. The maximum atomic E-state index is 12.7. The number of anilines is 2. The highest BCUT2D eigenvalue weighted by Gasteiger charge is 2.30. The van der Waals surface area contributed by atoms with Crippen molar-refractivity contribution in [3.63, 3.8) is 0 Å². The summed E-state index contributed by atoms with van der Waals surface area (Å²) in [5.74, 6) is -0.443. The molecular weight excluding hydrogens is 299 g/mol. The van der Waals surface area contributed by atoms with Crippen molar-refractivity contribution < 1.29 is 22.8 Å². The Bertz CT molecular complexity index is 674. The third kappa shape index (κ3) is 3.73. The van der Waals surface area contributed by atoms with Crippen molar-refractivity contribution in [1.29, 1.82) is 0 Å². The van der Waals surface area contributed by atoms with Crippen molar-refractivity contribution in [1.82, 2.24) is 10.5 Å². The second kappa shape index (κ2) is 6.44. The zero-order valence-electron chi connectivity index (χ0n) is 11.4. The molecule has 0 aliphatic carbocycles. The van der Waals surface area contributed by atoms with E-state index in [0.717, 1.165) is 12.1 Å². The van der Waals surface area contributed by atoms with Crippen LogP contribution in [0.3, 0.4) is 0 Å². The number of alkyl halides is 3. The topological polar surface area (TPSA) is 63.2 Å². The summed E-state index contributed by atoms with van der Waals surface area (Å²) in [5.41, 5.74) is 1.64. The molecule has 0 aliphatic rings. The van der Waals surface area contributed by atoms with Crippen LogP contribution in [0, 0.1) is 0 Å². The highest BCUT2D eigenvalue weighted by atomic mass is 19.4. The molecule has 116 valence electrons. The number of pyridine rings is 1. The zero-order chi connectivity index (χ0) is 16.2. The van der Waals surface area contributed by atoms with Crippen LogP contribution in [-0.2, 0) is 11.0 Å². The summed E-state index contributed by atoms with van der Waals surface area (Å²) >= 11 is 0. The number of benzene rings is 1. The van der Waals surface area contributed by atoms with Gasteiger partial charge in [0.15, 0.2) is 0 Å². The molecule has 1 heterocycles. The number of carbonyl (C=O) groups excluding carboxylic acids is 1. The SMILES string of the molecule is CONC(=O)c1cccnc1Nc1cccc(C(F)(F)F)c1. The van der Waals surface area contributed by atoms with Crippen LogP contribution in [0.5, 0.6) is 0 Å². The van der Waals surface area contributed by atoms with Gasteiger partial charge in [-0.2, -0.15) is 13.2 Å². The number of halogens is 3. The summed E-state index contributed by atoms with van der Waals surface area (Å²) < 4.78 is 38.1. The average molecular weight is 311 g/mol. The van der Waals surface area contributed by atoms with Gasteiger partial charge in [0.1, 0.15) is 5.82 Å². The summed E-state index contributed by atoms with van der Waals surface area (Å²) in [5, 5.41) is 2.70. The van der Waals surface area contributed by atoms with Gasteiger partial charge in [0, 0.05) is 11.9 Å². The molecule has 22 heavy (non-hydrogen) atoms. The Kier molecular flexibility index (Phi) is 4.62. The summed E-state index contributed by atoms with van der Waals surface area (Å²) in [6.45, 7) is 0. The Hall–Kier alpha value is -2.61. The normalized spacial score (nSPS) is 11.1. The van der Waals surface area contributed by atoms with Crippen LogP contribution < -0.4 is 10.8 Å². The predicted octanol–water partition coefficient (Wildman–Crippen LogP) is 3.14. The van der Waals surface area contributed by atoms with Crippen molar-refractivity contribution in [2.75, 3.05) is 12.4 Å². The van der Waals surface area contributed by atoms with Gasteiger partial charge in [-0.05, 0) is 30.3 Å². The quantitative estimate of drug-likeness (QED) is 0.852. The van der Waals surface area contributed by atoms with Gasteiger partial charge in [-0.15, -0.1) is 0 Å². The van der Waals surface area contributed by atoms with Crippen LogP contribution in [0.2, 0.25) is 0 Å². The summed E-state index contributed by atoms with van der Waals surface area (Å²) in [6.07, 6.45) is -3.03. The summed E-state index contributed by atoms with van der Waals surface area (Å²) in [4.78, 5) is 20.3. The third-order valence-corrected chi connectivity index (χ3v) is 2.70. The second-order valence-corrected chi connectivity index (χ2v) is 4.24. The standard InChI is InChI=1S/C14H12F3N3O2/c1-22-20-13(21)11-6-3-7-18-12(11)19-10-5-2-4-9(8-10)14(15,16)17/h2-8H,1H3,(H,18,19)(H,20,21). The number of hydroxylamine groups is 1. The molecule has 0 bridgehead atoms. The zero-order valence-corrected chi connectivity index (χ0v) is 11.4. The number of carbonyl (C=O) groups is 1. The lowest BCUT2D eigenvalue weighted by Gasteiger charge is -2.12. The van der Waals surface area contributed by atoms with Crippen LogP contribution in [0.25, 0.3) is 0 Å². The molecule has 0 saturated heterocycles. The highest BCUT2D eigenvalue weighted by molar-refractivity contribution is 5.98. The summed E-state index contributed by atoms with van der Waals surface area (Å²) in [7, 11) is 1.27. The van der Waals surface area contributed by atoms with E-state index < -0.39 is 17.6 Å². The van der Waals surface area contributed by atoms with Crippen molar-refractivity contribution in [2.24, 2.45) is 0 Å². The van der Waals surface area contributed by atoms with Crippen molar-refractivity contribution in [3.05, 3.63) is 53.7 Å². The summed E-state index contributed by atoms with van der Waals surface area (Å²) in [6, 6.07) is 7.61. The number of aromatic nitrogens is 1. The molecule has 0 radical (unpaired) electrons. The molecule has 1 amide bonds. The van der Waals surface area contributed by atoms with E-state index in [9.17, 15) is 18.0 Å². The van der Waals surface area contributed by atoms with Crippen molar-refractivity contribution >= 4 is 17.4 Å². The highest BCUT2D eigenvalue weighted by Crippen LogP contribution is 2.31. The first-order valence-corrected chi connectivity index (χ1v) is 6.14. The molecule has 1 aromatic heterocycles. The van der Waals surface area contributed by atoms with Crippen LogP contribution in [0.15, 0.2) is 42.6 Å². The van der Waals surface area contributed by atoms with Gasteiger partial charge < -0.3 is 5.32 Å². The Labute approximate surface area is 124 Å². The van der Waals surface area contributed by atoms with Crippen LogP contribution in [-0.4, -0.2) is 18.0 Å². The third-order valence-electron chi connectivity index (χ3n) is 2.70. The van der Waals surface area contributed by atoms with E-state index in [1.165, 1.54) is 37.6 Å². The van der Waals surface area contributed by atoms with Crippen LogP contribution in [0.4, 0.5) is 24.7 Å². The molecular formula is C14H12F3N3O2. The Morgan fingerprint density at radius 3 is 2.68 bits per heavy atom. The first kappa shape index (κ1) is 15.8. The molecule has 2 N–H and O–H groups in total. The number of nitrogens with one attached hydrogen (secondary N) is 2. The fraction of sp³-hybridized carbons (Fsp3) is 0.143. The Morgan fingerprint density at radius 1 is 1.23 bits per heavy atom. The maximum Gasteiger partial charge on any atom is 0.416 e. The average Bonchev–Trinajstić information content (AvgIpc) is 2.47. The van der Waals surface area contributed by atoms with Gasteiger partial charge in [-0.25, -0.2) is 10.5 Å². The van der Waals surface area contributed by atoms with Crippen molar-refractivity contribution in [2.45, 2.75) is 6.18 Å². The smallest absolute Gasteiger partial charge is 0.340 e. The first-order valence-electron chi connectivity index (χ1n) is 6.14. The lowest BCUT2D eigenvalue weighted by molar-refractivity contribution is -0.137. The molecule has 0 unspecified atom stereocenters. The molecule has 0 fully saturated rings. The van der Waals surface area contributed by atoms with E-state index >= 15 is 0 Å². The van der Waals surface area contributed by atoms with Gasteiger partial charge in [-0.3, -0.25) is 9.63 Å². The molecule has 0 spiro atoms. The molecule has 5 nitrogen and oxygen atoms in total. The molecule has 0 atom stereocenters. The molecule has 2 rings (SSSR count). The minimum atomic E-state index is -4.45. The molecule has 0 aliphatic heterocycles. The van der Waals surface area contributed by atoms with E-state index in [0.29, 0.717) is 0 Å². The monoisotopic (exact) mass is 311 g/mol. The van der Waals surface area contributed by atoms with Gasteiger partial charge in [0.2, 0.25) is 0 Å². The number of rotatable bonds is 4. The van der Waals surface area contributed by atoms with Crippen molar-refractivity contribution in [3.8, 4) is 0 Å². The molecule has 0 saturated carbocycles. The van der Waals surface area contributed by atoms with E-state index in [1.54, 1.807) is 0 Å². The molecule has 8 heteroatoms. The maximum absolute atomic E-state index is 12.7. The molecule has 1 aromatic carbocycles. The Balaban J connectivity index is 2.30. The number of amides is 1. The van der Waals surface area contributed by atoms with Crippen LogP contribution in [0.1, 0.15) is 15.9 Å². The van der Waals surface area contributed by atoms with Gasteiger partial charge in [0.25, 0.3) is 5.91 Å². The molecule has 2 aromatic rings. The van der Waals surface area contributed by atoms with Gasteiger partial charge in [0.05, 0.1) is 18.2 Å². The largest absolute Gasteiger partial charge is 0.416 e. The lowest BCUT2D eigenvalue weighted by atomic mass is 10.2.